The number of nitrogens with zero attached hydrogens (tertiary/aromatic N) is 2. The minimum atomic E-state index is -0.370. The molecule has 0 aliphatic rings. The van der Waals surface area contributed by atoms with Gasteiger partial charge in [-0.1, -0.05) is 12.1 Å². The molecule has 1 aromatic heterocycles. The van der Waals surface area contributed by atoms with Gasteiger partial charge in [-0.05, 0) is 17.7 Å². The van der Waals surface area contributed by atoms with Gasteiger partial charge in [-0.25, -0.2) is 9.59 Å². The second kappa shape index (κ2) is 7.32. The quantitative estimate of drug-likeness (QED) is 0.771. The van der Waals surface area contributed by atoms with Crippen LogP contribution < -0.4 is 11.2 Å². The number of esters is 1. The fourth-order valence-electron chi connectivity index (χ4n) is 2.10. The summed E-state index contributed by atoms with van der Waals surface area (Å²) in [6.45, 7) is 0. The van der Waals surface area contributed by atoms with Crippen LogP contribution in [0.2, 0.25) is 0 Å². The zero-order valence-corrected chi connectivity index (χ0v) is 14.1. The Labute approximate surface area is 137 Å². The van der Waals surface area contributed by atoms with Crippen molar-refractivity contribution in [3.05, 3.63) is 68.0 Å². The number of carbonyl (C=O) groups excluding carboxylic acids is 1. The van der Waals surface area contributed by atoms with E-state index in [1.165, 1.54) is 24.8 Å². The molecule has 0 aliphatic carbocycles. The standard InChI is InChI=1S/C16H18N2O4S/c1-17-13(8-14(19)18(2)16(17)21)10-23-9-11-5-4-6-12(7-11)15(20)22-3/h4-8H,9-10H2,1-3H3. The van der Waals surface area contributed by atoms with Crippen molar-refractivity contribution in [1.29, 1.82) is 0 Å². The second-order valence-corrected chi connectivity index (χ2v) is 6.04. The highest BCUT2D eigenvalue weighted by molar-refractivity contribution is 7.97. The van der Waals surface area contributed by atoms with Gasteiger partial charge in [0.25, 0.3) is 5.56 Å². The fourth-order valence-corrected chi connectivity index (χ4v) is 3.10. The van der Waals surface area contributed by atoms with Crippen molar-refractivity contribution in [3.8, 4) is 0 Å². The van der Waals surface area contributed by atoms with Gasteiger partial charge in [0.15, 0.2) is 0 Å². The predicted molar refractivity (Wildman–Crippen MR) is 89.7 cm³/mol. The molecule has 0 saturated heterocycles. The maximum Gasteiger partial charge on any atom is 0.337 e. The van der Waals surface area contributed by atoms with E-state index in [1.807, 2.05) is 6.07 Å². The Morgan fingerprint density at radius 3 is 2.57 bits per heavy atom. The van der Waals surface area contributed by atoms with Gasteiger partial charge in [0.2, 0.25) is 0 Å². The Bertz CT molecular complexity index is 839. The highest BCUT2D eigenvalue weighted by Crippen LogP contribution is 2.17. The summed E-state index contributed by atoms with van der Waals surface area (Å²) in [5, 5.41) is 0. The number of rotatable bonds is 5. The van der Waals surface area contributed by atoms with Gasteiger partial charge in [-0.3, -0.25) is 13.9 Å². The van der Waals surface area contributed by atoms with E-state index in [0.717, 1.165) is 10.1 Å². The maximum atomic E-state index is 11.9. The zero-order chi connectivity index (χ0) is 17.0. The molecule has 0 aliphatic heterocycles. The van der Waals surface area contributed by atoms with Crippen LogP contribution in [-0.4, -0.2) is 22.2 Å². The van der Waals surface area contributed by atoms with Crippen LogP contribution in [0.5, 0.6) is 0 Å². The van der Waals surface area contributed by atoms with Crippen molar-refractivity contribution in [1.82, 2.24) is 9.13 Å². The first-order valence-electron chi connectivity index (χ1n) is 6.95. The van der Waals surface area contributed by atoms with Crippen LogP contribution in [0.1, 0.15) is 21.6 Å². The monoisotopic (exact) mass is 334 g/mol. The number of methoxy groups -OCH3 is 1. The van der Waals surface area contributed by atoms with Crippen molar-refractivity contribution in [3.63, 3.8) is 0 Å². The smallest absolute Gasteiger partial charge is 0.337 e. The molecule has 0 radical (unpaired) electrons. The van der Waals surface area contributed by atoms with Gasteiger partial charge >= 0.3 is 11.7 Å². The van der Waals surface area contributed by atoms with E-state index in [2.05, 4.69) is 0 Å². The highest BCUT2D eigenvalue weighted by Gasteiger charge is 2.08. The van der Waals surface area contributed by atoms with E-state index in [1.54, 1.807) is 37.0 Å². The molecule has 0 atom stereocenters. The number of thioether (sulfide) groups is 1. The number of hydrogen-bond acceptors (Lipinski definition) is 5. The van der Waals surface area contributed by atoms with Gasteiger partial charge in [-0.2, -0.15) is 11.8 Å². The number of hydrogen-bond donors (Lipinski definition) is 0. The first kappa shape index (κ1) is 17.1. The van der Waals surface area contributed by atoms with E-state index >= 15 is 0 Å². The molecule has 0 amide bonds. The molecule has 0 fully saturated rings. The van der Waals surface area contributed by atoms with Gasteiger partial charge in [0.1, 0.15) is 0 Å². The third kappa shape index (κ3) is 3.92. The van der Waals surface area contributed by atoms with E-state index in [4.69, 9.17) is 4.74 Å². The molecule has 122 valence electrons. The third-order valence-corrected chi connectivity index (χ3v) is 4.53. The second-order valence-electron chi connectivity index (χ2n) is 5.06. The molecule has 23 heavy (non-hydrogen) atoms. The third-order valence-electron chi connectivity index (χ3n) is 3.49. The normalized spacial score (nSPS) is 10.6. The average molecular weight is 334 g/mol. The molecular formula is C16H18N2O4S. The highest BCUT2D eigenvalue weighted by atomic mass is 32.2. The first-order chi connectivity index (χ1) is 10.9. The summed E-state index contributed by atoms with van der Waals surface area (Å²) in [6, 6.07) is 8.67. The Morgan fingerprint density at radius 2 is 1.87 bits per heavy atom. The van der Waals surface area contributed by atoms with Crippen molar-refractivity contribution in [2.45, 2.75) is 11.5 Å². The molecule has 1 heterocycles. The van der Waals surface area contributed by atoms with Crippen molar-refractivity contribution in [2.75, 3.05) is 7.11 Å². The molecule has 0 bridgehead atoms. The Morgan fingerprint density at radius 1 is 1.13 bits per heavy atom. The first-order valence-corrected chi connectivity index (χ1v) is 8.10. The Hall–Kier alpha value is -2.28. The lowest BCUT2D eigenvalue weighted by molar-refractivity contribution is 0.0600. The lowest BCUT2D eigenvalue weighted by Gasteiger charge is -2.09. The average Bonchev–Trinajstić information content (AvgIpc) is 2.57. The van der Waals surface area contributed by atoms with Gasteiger partial charge in [0, 0.05) is 37.4 Å². The topological polar surface area (TPSA) is 70.3 Å². The Kier molecular flexibility index (Phi) is 5.44. The van der Waals surface area contributed by atoms with Gasteiger partial charge in [0.05, 0.1) is 12.7 Å². The molecule has 0 spiro atoms. The molecule has 0 unspecified atom stereocenters. The van der Waals surface area contributed by atoms with E-state index in [9.17, 15) is 14.4 Å². The van der Waals surface area contributed by atoms with Crippen LogP contribution in [0.4, 0.5) is 0 Å². The van der Waals surface area contributed by atoms with Crippen molar-refractivity contribution >= 4 is 17.7 Å². The maximum absolute atomic E-state index is 11.9. The van der Waals surface area contributed by atoms with Gasteiger partial charge in [-0.15, -0.1) is 0 Å². The summed E-state index contributed by atoms with van der Waals surface area (Å²) in [7, 11) is 4.45. The van der Waals surface area contributed by atoms with Crippen LogP contribution in [0.15, 0.2) is 39.9 Å². The predicted octanol–water partition coefficient (Wildman–Crippen LogP) is 1.30. The SMILES string of the molecule is COC(=O)c1cccc(CSCc2cc(=O)n(C)c(=O)n2C)c1. The van der Waals surface area contributed by atoms with Gasteiger partial charge < -0.3 is 4.74 Å². The fraction of sp³-hybridized carbons (Fsp3) is 0.312. The summed E-state index contributed by atoms with van der Waals surface area (Å²) >= 11 is 1.56. The molecule has 0 saturated carbocycles. The van der Waals surface area contributed by atoms with E-state index < -0.39 is 0 Å². The van der Waals surface area contributed by atoms with E-state index in [0.29, 0.717) is 22.8 Å². The van der Waals surface area contributed by atoms with Crippen LogP contribution in [0, 0.1) is 0 Å². The minimum absolute atomic E-state index is 0.309. The Balaban J connectivity index is 2.08. The molecular weight excluding hydrogens is 316 g/mol. The largest absolute Gasteiger partial charge is 0.465 e. The van der Waals surface area contributed by atoms with Crippen LogP contribution in [-0.2, 0) is 30.3 Å². The van der Waals surface area contributed by atoms with Crippen LogP contribution in [0.3, 0.4) is 0 Å². The molecule has 2 aromatic rings. The lowest BCUT2D eigenvalue weighted by atomic mass is 10.1. The summed E-state index contributed by atoms with van der Waals surface area (Å²) in [6.07, 6.45) is 0. The molecule has 6 nitrogen and oxygen atoms in total. The lowest BCUT2D eigenvalue weighted by Crippen LogP contribution is -2.37. The zero-order valence-electron chi connectivity index (χ0n) is 13.2. The van der Waals surface area contributed by atoms with Crippen LogP contribution >= 0.6 is 11.8 Å². The van der Waals surface area contributed by atoms with Crippen LogP contribution in [0.25, 0.3) is 0 Å². The number of aromatic nitrogens is 2. The minimum Gasteiger partial charge on any atom is -0.465 e. The number of benzene rings is 1. The summed E-state index contributed by atoms with van der Waals surface area (Å²) in [5.74, 6) is 0.823. The van der Waals surface area contributed by atoms with Crippen molar-refractivity contribution in [2.24, 2.45) is 14.1 Å². The summed E-state index contributed by atoms with van der Waals surface area (Å²) in [4.78, 5) is 35.1. The summed E-state index contributed by atoms with van der Waals surface area (Å²) < 4.78 is 7.25. The number of ether oxygens (including phenoxy) is 1. The molecule has 1 aromatic carbocycles. The number of carbonyl (C=O) groups is 1. The molecule has 0 N–H and O–H groups in total. The molecule has 2 rings (SSSR count). The molecule has 7 heteroatoms. The summed E-state index contributed by atoms with van der Waals surface area (Å²) in [5.41, 5.74) is 1.52. The van der Waals surface area contributed by atoms with Crippen molar-refractivity contribution < 1.29 is 9.53 Å². The van der Waals surface area contributed by atoms with E-state index in [-0.39, 0.29) is 17.2 Å².